The number of aliphatic hydroxyl groups excluding tert-OH is 1. The highest BCUT2D eigenvalue weighted by Crippen LogP contribution is 2.30. The van der Waals surface area contributed by atoms with Gasteiger partial charge in [-0.3, -0.25) is 9.80 Å². The summed E-state index contributed by atoms with van der Waals surface area (Å²) in [5, 5.41) is 14.7. The number of hydrogen-bond acceptors (Lipinski definition) is 7. The number of β-amino-alcohol motifs (C(OH)–C–C–N with tert-alkyl or cyclic N) is 1. The Morgan fingerprint density at radius 2 is 1.55 bits per heavy atom. The molecular formula is C33H35F2N3O4. The number of piperazine rings is 1. The van der Waals surface area contributed by atoms with E-state index < -0.39 is 6.10 Å². The van der Waals surface area contributed by atoms with Crippen LogP contribution in [0.1, 0.15) is 34.2 Å². The van der Waals surface area contributed by atoms with Gasteiger partial charge >= 0.3 is 0 Å². The van der Waals surface area contributed by atoms with E-state index in [-0.39, 0.29) is 24.3 Å². The van der Waals surface area contributed by atoms with Gasteiger partial charge in [-0.05, 0) is 53.6 Å². The van der Waals surface area contributed by atoms with Gasteiger partial charge in [0.2, 0.25) is 0 Å². The molecule has 0 amide bonds. The molecule has 1 saturated heterocycles. The van der Waals surface area contributed by atoms with E-state index in [0.29, 0.717) is 30.4 Å². The zero-order chi connectivity index (χ0) is 29.3. The molecule has 0 saturated carbocycles. The van der Waals surface area contributed by atoms with E-state index in [1.54, 1.807) is 31.4 Å². The lowest BCUT2D eigenvalue weighted by Gasteiger charge is -2.40. The second-order valence-electron chi connectivity index (χ2n) is 10.3. The van der Waals surface area contributed by atoms with E-state index in [1.807, 2.05) is 42.5 Å². The molecule has 42 heavy (non-hydrogen) atoms. The maximum Gasteiger partial charge on any atom is 0.160 e. The Morgan fingerprint density at radius 3 is 2.19 bits per heavy atom. The van der Waals surface area contributed by atoms with Crippen molar-refractivity contribution in [3.05, 3.63) is 119 Å². The van der Waals surface area contributed by atoms with E-state index >= 15 is 0 Å². The summed E-state index contributed by atoms with van der Waals surface area (Å²) in [6, 6.07) is 22.3. The van der Waals surface area contributed by atoms with Crippen LogP contribution >= 0.6 is 0 Å². The van der Waals surface area contributed by atoms with Gasteiger partial charge in [-0.15, -0.1) is 0 Å². The second kappa shape index (κ2) is 14.3. The van der Waals surface area contributed by atoms with Crippen LogP contribution in [-0.2, 0) is 11.3 Å². The highest BCUT2D eigenvalue weighted by atomic mass is 19.1. The Kier molecular flexibility index (Phi) is 10.1. The highest BCUT2D eigenvalue weighted by Gasteiger charge is 2.27. The van der Waals surface area contributed by atoms with Crippen LogP contribution in [0.25, 0.3) is 12.2 Å². The number of nitrogens with zero attached hydrogens (tertiary/aromatic N) is 3. The van der Waals surface area contributed by atoms with Crippen LogP contribution in [0.2, 0.25) is 0 Å². The van der Waals surface area contributed by atoms with Crippen LogP contribution < -0.4 is 4.74 Å². The van der Waals surface area contributed by atoms with Crippen molar-refractivity contribution in [2.75, 3.05) is 46.4 Å². The van der Waals surface area contributed by atoms with Crippen molar-refractivity contribution in [1.82, 2.24) is 15.0 Å². The van der Waals surface area contributed by atoms with Gasteiger partial charge in [0.25, 0.3) is 0 Å². The molecule has 5 rings (SSSR count). The summed E-state index contributed by atoms with van der Waals surface area (Å²) < 4.78 is 43.6. The quantitative estimate of drug-likeness (QED) is 0.242. The molecule has 0 spiro atoms. The Bertz CT molecular complexity index is 1390. The molecule has 1 aromatic heterocycles. The van der Waals surface area contributed by atoms with Crippen LogP contribution in [0.15, 0.2) is 83.4 Å². The summed E-state index contributed by atoms with van der Waals surface area (Å²) in [5.74, 6) is 0.693. The fourth-order valence-electron chi connectivity index (χ4n) is 5.19. The van der Waals surface area contributed by atoms with Gasteiger partial charge < -0.3 is 19.1 Å². The third-order valence-electron chi connectivity index (χ3n) is 7.26. The normalized spacial score (nSPS) is 15.5. The number of rotatable bonds is 12. The topological polar surface area (TPSA) is 71.2 Å². The summed E-state index contributed by atoms with van der Waals surface area (Å²) in [5.41, 5.74) is 3.48. The SMILES string of the molecule is COCc1cc(/C=C/c2ccccc2OCC(O)CN2CCN(C(c3ccc(F)cc3)c3ccc(F)cc3)CC2)on1. The molecule has 1 N–H and O–H groups in total. The van der Waals surface area contributed by atoms with Crippen molar-refractivity contribution >= 4 is 12.2 Å². The van der Waals surface area contributed by atoms with Crippen LogP contribution in [0, 0.1) is 11.6 Å². The average Bonchev–Trinajstić information content (AvgIpc) is 3.46. The van der Waals surface area contributed by atoms with E-state index in [0.717, 1.165) is 42.9 Å². The average molecular weight is 576 g/mol. The molecule has 1 atom stereocenters. The molecule has 1 unspecified atom stereocenters. The van der Waals surface area contributed by atoms with Crippen molar-refractivity contribution in [2.45, 2.75) is 18.8 Å². The van der Waals surface area contributed by atoms with Gasteiger partial charge in [-0.1, -0.05) is 47.6 Å². The molecule has 7 nitrogen and oxygen atoms in total. The number of hydrogen-bond donors (Lipinski definition) is 1. The summed E-state index contributed by atoms with van der Waals surface area (Å²) in [4.78, 5) is 4.53. The van der Waals surface area contributed by atoms with Crippen molar-refractivity contribution < 1.29 is 27.9 Å². The Hall–Kier alpha value is -3.89. The summed E-state index contributed by atoms with van der Waals surface area (Å²) in [6.45, 7) is 3.99. The molecule has 0 aliphatic carbocycles. The van der Waals surface area contributed by atoms with Gasteiger partial charge in [0.05, 0.1) is 12.6 Å². The third kappa shape index (κ3) is 7.89. The zero-order valence-corrected chi connectivity index (χ0v) is 23.5. The maximum absolute atomic E-state index is 13.6. The minimum Gasteiger partial charge on any atom is -0.490 e. The van der Waals surface area contributed by atoms with Crippen molar-refractivity contribution in [3.8, 4) is 5.75 Å². The smallest absolute Gasteiger partial charge is 0.160 e. The lowest BCUT2D eigenvalue weighted by molar-refractivity contribution is 0.0400. The second-order valence-corrected chi connectivity index (χ2v) is 10.3. The zero-order valence-electron chi connectivity index (χ0n) is 23.5. The van der Waals surface area contributed by atoms with Crippen LogP contribution in [0.4, 0.5) is 8.78 Å². The van der Waals surface area contributed by atoms with E-state index in [4.69, 9.17) is 14.0 Å². The van der Waals surface area contributed by atoms with Crippen molar-refractivity contribution in [2.24, 2.45) is 0 Å². The van der Waals surface area contributed by atoms with Crippen LogP contribution in [-0.4, -0.2) is 72.6 Å². The fourth-order valence-corrected chi connectivity index (χ4v) is 5.19. The van der Waals surface area contributed by atoms with Gasteiger partial charge in [0, 0.05) is 51.5 Å². The van der Waals surface area contributed by atoms with Gasteiger partial charge in [0.15, 0.2) is 5.76 Å². The molecule has 3 aromatic carbocycles. The Morgan fingerprint density at radius 1 is 0.905 bits per heavy atom. The predicted octanol–water partition coefficient (Wildman–Crippen LogP) is 5.42. The summed E-state index contributed by atoms with van der Waals surface area (Å²) in [6.07, 6.45) is 3.02. The minimum atomic E-state index is -0.676. The fraction of sp³-hybridized carbons (Fsp3) is 0.303. The molecule has 9 heteroatoms. The summed E-state index contributed by atoms with van der Waals surface area (Å²) >= 11 is 0. The van der Waals surface area contributed by atoms with Crippen molar-refractivity contribution in [3.63, 3.8) is 0 Å². The van der Waals surface area contributed by atoms with Crippen LogP contribution in [0.5, 0.6) is 5.75 Å². The predicted molar refractivity (Wildman–Crippen MR) is 157 cm³/mol. The first-order valence-corrected chi connectivity index (χ1v) is 14.0. The molecule has 220 valence electrons. The number of ether oxygens (including phenoxy) is 2. The van der Waals surface area contributed by atoms with E-state index in [1.165, 1.54) is 24.3 Å². The highest BCUT2D eigenvalue weighted by molar-refractivity contribution is 5.70. The maximum atomic E-state index is 13.6. The first-order chi connectivity index (χ1) is 20.5. The van der Waals surface area contributed by atoms with E-state index in [2.05, 4.69) is 15.0 Å². The molecular weight excluding hydrogens is 540 g/mol. The number of aliphatic hydroxyl groups is 1. The number of aromatic nitrogens is 1. The number of halogens is 2. The van der Waals surface area contributed by atoms with Gasteiger partial charge in [-0.25, -0.2) is 8.78 Å². The molecule has 2 heterocycles. The molecule has 1 aliphatic rings. The molecule has 0 bridgehead atoms. The Labute approximate surface area is 244 Å². The standard InChI is InChI=1S/C33H35F2N3O4/c1-40-22-29-20-31(42-36-29)15-10-24-4-2-3-5-32(24)41-23-30(39)21-37-16-18-38(19-17-37)33(25-6-11-27(34)12-7-25)26-8-13-28(35)14-9-26/h2-15,20,30,33,39H,16-19,21-23H2,1H3/b15-10+. The Balaban J connectivity index is 1.15. The first kappa shape index (κ1) is 29.6. The number of para-hydroxylation sites is 1. The summed E-state index contributed by atoms with van der Waals surface area (Å²) in [7, 11) is 1.60. The number of benzene rings is 3. The molecule has 1 aliphatic heterocycles. The molecule has 0 radical (unpaired) electrons. The van der Waals surface area contributed by atoms with Gasteiger partial charge in [-0.2, -0.15) is 0 Å². The minimum absolute atomic E-state index is 0.116. The number of methoxy groups -OCH3 is 1. The van der Waals surface area contributed by atoms with Crippen molar-refractivity contribution in [1.29, 1.82) is 0 Å². The lowest BCUT2D eigenvalue weighted by atomic mass is 9.96. The molecule has 4 aromatic rings. The van der Waals surface area contributed by atoms with Gasteiger partial charge in [0.1, 0.15) is 35.8 Å². The monoisotopic (exact) mass is 575 g/mol. The molecule has 1 fully saturated rings. The first-order valence-electron chi connectivity index (χ1n) is 14.0. The lowest BCUT2D eigenvalue weighted by Crippen LogP contribution is -2.50. The largest absolute Gasteiger partial charge is 0.490 e. The van der Waals surface area contributed by atoms with Crippen LogP contribution in [0.3, 0.4) is 0 Å². The van der Waals surface area contributed by atoms with E-state index in [9.17, 15) is 13.9 Å². The third-order valence-corrected chi connectivity index (χ3v) is 7.26.